The van der Waals surface area contributed by atoms with Crippen LogP contribution in [0.15, 0.2) is 29.2 Å². The van der Waals surface area contributed by atoms with Gasteiger partial charge < -0.3 is 14.4 Å². The van der Waals surface area contributed by atoms with Gasteiger partial charge in [-0.2, -0.15) is 4.31 Å². The molecule has 0 radical (unpaired) electrons. The number of nitro benzene ring substituents is 1. The zero-order valence-corrected chi connectivity index (χ0v) is 17.4. The van der Waals surface area contributed by atoms with Gasteiger partial charge in [0.15, 0.2) is 0 Å². The van der Waals surface area contributed by atoms with E-state index >= 15 is 0 Å². The predicted octanol–water partition coefficient (Wildman–Crippen LogP) is 1.99. The number of hydrogen-bond donors (Lipinski definition) is 0. The maximum atomic E-state index is 13.2. The fraction of sp³-hybridized carbons (Fsp3) is 0.611. The Hall–Kier alpha value is -2.24. The summed E-state index contributed by atoms with van der Waals surface area (Å²) in [4.78, 5) is 24.2. The fourth-order valence-corrected chi connectivity index (χ4v) is 5.13. The van der Waals surface area contributed by atoms with Crippen LogP contribution in [-0.2, 0) is 19.5 Å². The Labute approximate surface area is 169 Å². The standard InChI is InChI=1S/C18H25N3O7S/c1-18(2,3)28-17(22)19-9-8-16-15(12-19)20(10-11-27-16)29(25,26)14-6-4-13(5-7-14)21(23)24/h4-7,15-16H,8-12H2,1-3H3/t15-,16+/m1/s1. The second-order valence-electron chi connectivity index (χ2n) is 8.06. The van der Waals surface area contributed by atoms with Crippen LogP contribution in [0.4, 0.5) is 10.5 Å². The van der Waals surface area contributed by atoms with Crippen molar-refractivity contribution in [3.05, 3.63) is 34.4 Å². The summed E-state index contributed by atoms with van der Waals surface area (Å²) < 4.78 is 38.9. The number of likely N-dealkylation sites (tertiary alicyclic amines) is 1. The normalized spacial score (nSPS) is 23.3. The van der Waals surface area contributed by atoms with Gasteiger partial charge in [-0.1, -0.05) is 0 Å². The minimum atomic E-state index is -3.91. The first kappa shape index (κ1) is 21.5. The molecule has 0 N–H and O–H groups in total. The van der Waals surface area contributed by atoms with Crippen molar-refractivity contribution in [3.8, 4) is 0 Å². The van der Waals surface area contributed by atoms with Gasteiger partial charge >= 0.3 is 6.09 Å². The van der Waals surface area contributed by atoms with Crippen molar-refractivity contribution in [2.75, 3.05) is 26.2 Å². The molecule has 2 aliphatic heterocycles. The summed E-state index contributed by atoms with van der Waals surface area (Å²) in [6, 6.07) is 4.24. The molecule has 2 aliphatic rings. The van der Waals surface area contributed by atoms with E-state index in [9.17, 15) is 23.3 Å². The summed E-state index contributed by atoms with van der Waals surface area (Å²) in [5.74, 6) is 0. The molecule has 0 bridgehead atoms. The largest absolute Gasteiger partial charge is 0.444 e. The highest BCUT2D eigenvalue weighted by molar-refractivity contribution is 7.89. The van der Waals surface area contributed by atoms with Gasteiger partial charge in [0, 0.05) is 31.8 Å². The third kappa shape index (κ3) is 4.68. The van der Waals surface area contributed by atoms with Gasteiger partial charge in [0.25, 0.3) is 5.69 Å². The molecule has 0 aliphatic carbocycles. The minimum Gasteiger partial charge on any atom is -0.444 e. The van der Waals surface area contributed by atoms with Crippen LogP contribution in [0.5, 0.6) is 0 Å². The number of fused-ring (bicyclic) bond motifs is 1. The second-order valence-corrected chi connectivity index (χ2v) is 9.95. The molecule has 2 heterocycles. The van der Waals surface area contributed by atoms with Crippen molar-refractivity contribution in [2.24, 2.45) is 0 Å². The summed E-state index contributed by atoms with van der Waals surface area (Å²) in [5, 5.41) is 10.8. The molecule has 1 amide bonds. The first-order valence-electron chi connectivity index (χ1n) is 9.35. The van der Waals surface area contributed by atoms with Crippen LogP contribution in [0.1, 0.15) is 27.2 Å². The van der Waals surface area contributed by atoms with Gasteiger partial charge in [-0.3, -0.25) is 10.1 Å². The van der Waals surface area contributed by atoms with Crippen molar-refractivity contribution >= 4 is 21.8 Å². The van der Waals surface area contributed by atoms with Crippen LogP contribution in [0.25, 0.3) is 0 Å². The van der Waals surface area contributed by atoms with E-state index in [2.05, 4.69) is 0 Å². The van der Waals surface area contributed by atoms with Crippen LogP contribution in [0.2, 0.25) is 0 Å². The molecule has 10 nitrogen and oxygen atoms in total. The van der Waals surface area contributed by atoms with Gasteiger partial charge in [0.05, 0.1) is 28.6 Å². The van der Waals surface area contributed by atoms with E-state index in [1.807, 2.05) is 0 Å². The average Bonchev–Trinajstić information content (AvgIpc) is 2.65. The topological polar surface area (TPSA) is 119 Å². The van der Waals surface area contributed by atoms with Crippen LogP contribution in [0, 0.1) is 10.1 Å². The SMILES string of the molecule is CC(C)(C)OC(=O)N1CC[C@@H]2OCCN(S(=O)(=O)c3ccc([N+](=O)[O-])cc3)[C@@H]2C1. The molecular formula is C18H25N3O7S. The Balaban J connectivity index is 1.82. The first-order valence-corrected chi connectivity index (χ1v) is 10.8. The van der Waals surface area contributed by atoms with Crippen LogP contribution in [0.3, 0.4) is 0 Å². The number of rotatable bonds is 3. The molecule has 0 aromatic heterocycles. The smallest absolute Gasteiger partial charge is 0.410 e. The monoisotopic (exact) mass is 427 g/mol. The molecule has 160 valence electrons. The highest BCUT2D eigenvalue weighted by Crippen LogP contribution is 2.29. The third-order valence-electron chi connectivity index (χ3n) is 4.84. The van der Waals surface area contributed by atoms with Crippen LogP contribution in [-0.4, -0.2) is 72.6 Å². The summed E-state index contributed by atoms with van der Waals surface area (Å²) >= 11 is 0. The lowest BCUT2D eigenvalue weighted by Gasteiger charge is -2.46. The van der Waals surface area contributed by atoms with Gasteiger partial charge in [0.1, 0.15) is 5.60 Å². The molecule has 1 aromatic carbocycles. The lowest BCUT2D eigenvalue weighted by atomic mass is 10.0. The second kappa shape index (κ2) is 7.88. The lowest BCUT2D eigenvalue weighted by molar-refractivity contribution is -0.384. The number of benzene rings is 1. The van der Waals surface area contributed by atoms with Gasteiger partial charge in [-0.05, 0) is 39.3 Å². The number of ether oxygens (including phenoxy) is 2. The van der Waals surface area contributed by atoms with E-state index in [1.165, 1.54) is 33.5 Å². The van der Waals surface area contributed by atoms with Crippen molar-refractivity contribution in [1.82, 2.24) is 9.21 Å². The highest BCUT2D eigenvalue weighted by atomic mass is 32.2. The summed E-state index contributed by atoms with van der Waals surface area (Å²) in [6.07, 6.45) is -0.319. The van der Waals surface area contributed by atoms with E-state index in [-0.39, 0.29) is 36.4 Å². The van der Waals surface area contributed by atoms with Gasteiger partial charge in [-0.25, -0.2) is 13.2 Å². The maximum Gasteiger partial charge on any atom is 0.410 e. The molecule has 29 heavy (non-hydrogen) atoms. The number of piperidine rings is 1. The van der Waals surface area contributed by atoms with E-state index in [0.717, 1.165) is 0 Å². The Morgan fingerprint density at radius 1 is 1.24 bits per heavy atom. The lowest BCUT2D eigenvalue weighted by Crippen LogP contribution is -2.62. The van der Waals surface area contributed by atoms with Crippen molar-refractivity contribution in [1.29, 1.82) is 0 Å². The average molecular weight is 427 g/mol. The van der Waals surface area contributed by atoms with Crippen molar-refractivity contribution < 1.29 is 27.6 Å². The number of nitrogens with zero attached hydrogens (tertiary/aromatic N) is 3. The minimum absolute atomic E-state index is 0.0295. The number of hydrogen-bond acceptors (Lipinski definition) is 7. The van der Waals surface area contributed by atoms with Crippen LogP contribution >= 0.6 is 0 Å². The molecule has 3 rings (SSSR count). The number of amides is 1. The number of carbonyl (C=O) groups is 1. The Bertz CT molecular complexity index is 880. The quantitative estimate of drug-likeness (QED) is 0.534. The molecule has 0 spiro atoms. The van der Waals surface area contributed by atoms with E-state index < -0.39 is 32.7 Å². The fourth-order valence-electron chi connectivity index (χ4n) is 3.51. The van der Waals surface area contributed by atoms with E-state index in [0.29, 0.717) is 13.0 Å². The molecule has 1 aromatic rings. The van der Waals surface area contributed by atoms with Crippen LogP contribution < -0.4 is 0 Å². The Kier molecular flexibility index (Phi) is 5.84. The number of sulfonamides is 1. The highest BCUT2D eigenvalue weighted by Gasteiger charge is 2.44. The van der Waals surface area contributed by atoms with Gasteiger partial charge in [0.2, 0.25) is 10.0 Å². The zero-order valence-electron chi connectivity index (χ0n) is 16.6. The van der Waals surface area contributed by atoms with Crippen molar-refractivity contribution in [2.45, 2.75) is 49.8 Å². The van der Waals surface area contributed by atoms with Crippen molar-refractivity contribution in [3.63, 3.8) is 0 Å². The Morgan fingerprint density at radius 3 is 2.48 bits per heavy atom. The third-order valence-corrected chi connectivity index (χ3v) is 6.78. The molecule has 2 atom stereocenters. The molecule has 0 saturated carbocycles. The van der Waals surface area contributed by atoms with E-state index in [4.69, 9.17) is 9.47 Å². The predicted molar refractivity (Wildman–Crippen MR) is 103 cm³/mol. The number of morpholine rings is 1. The molecule has 0 unspecified atom stereocenters. The summed E-state index contributed by atoms with van der Waals surface area (Å²) in [7, 11) is -3.91. The first-order chi connectivity index (χ1) is 13.5. The Morgan fingerprint density at radius 2 is 1.90 bits per heavy atom. The van der Waals surface area contributed by atoms with E-state index in [1.54, 1.807) is 20.8 Å². The molecular weight excluding hydrogens is 402 g/mol. The number of non-ortho nitro benzene ring substituents is 1. The number of carbonyl (C=O) groups excluding carboxylic acids is 1. The molecule has 11 heteroatoms. The maximum absolute atomic E-state index is 13.2. The molecule has 2 saturated heterocycles. The number of nitro groups is 1. The van der Waals surface area contributed by atoms with Gasteiger partial charge in [-0.15, -0.1) is 0 Å². The molecule has 2 fully saturated rings. The summed E-state index contributed by atoms with van der Waals surface area (Å²) in [5.41, 5.74) is -0.834. The summed E-state index contributed by atoms with van der Waals surface area (Å²) in [6.45, 7) is 6.28. The zero-order chi connectivity index (χ0) is 21.4.